The number of benzene rings is 1. The van der Waals surface area contributed by atoms with Crippen molar-refractivity contribution in [3.63, 3.8) is 0 Å². The molecule has 0 radical (unpaired) electrons. The molecule has 0 bridgehead atoms. The van der Waals surface area contributed by atoms with Crippen molar-refractivity contribution < 1.29 is 4.79 Å². The molecule has 4 nitrogen and oxygen atoms in total. The SMILES string of the molecule is C=CC(=O)N[C@@H]1CCCC[C@H]1n1cnc2cc(C)ccc21. The van der Waals surface area contributed by atoms with E-state index in [0.717, 1.165) is 30.3 Å². The standard InChI is InChI=1S/C17H21N3O/c1-3-17(21)19-13-6-4-5-7-15(13)20-11-18-14-10-12(2)8-9-16(14)20/h3,8-11,13,15H,1,4-7H2,2H3,(H,19,21)/t13-,15-/m1/s1. The van der Waals surface area contributed by atoms with Crippen LogP contribution in [0.5, 0.6) is 0 Å². The van der Waals surface area contributed by atoms with Crippen molar-refractivity contribution in [2.75, 3.05) is 0 Å². The summed E-state index contributed by atoms with van der Waals surface area (Å²) in [5.74, 6) is -0.0906. The molecular formula is C17H21N3O. The van der Waals surface area contributed by atoms with Gasteiger partial charge in [0.05, 0.1) is 23.4 Å². The monoisotopic (exact) mass is 283 g/mol. The van der Waals surface area contributed by atoms with E-state index in [2.05, 4.69) is 46.6 Å². The first-order chi connectivity index (χ1) is 10.2. The van der Waals surface area contributed by atoms with Crippen LogP contribution in [0.4, 0.5) is 0 Å². The Kier molecular flexibility index (Phi) is 3.78. The van der Waals surface area contributed by atoms with Crippen molar-refractivity contribution in [2.45, 2.75) is 44.7 Å². The van der Waals surface area contributed by atoms with E-state index in [9.17, 15) is 4.79 Å². The van der Waals surface area contributed by atoms with Crippen LogP contribution < -0.4 is 5.32 Å². The lowest BCUT2D eigenvalue weighted by Gasteiger charge is -2.33. The van der Waals surface area contributed by atoms with E-state index >= 15 is 0 Å². The number of hydrogen-bond acceptors (Lipinski definition) is 2. The Labute approximate surface area is 124 Å². The lowest BCUT2D eigenvalue weighted by atomic mass is 9.90. The van der Waals surface area contributed by atoms with Crippen molar-refractivity contribution in [3.05, 3.63) is 42.7 Å². The van der Waals surface area contributed by atoms with E-state index in [1.807, 2.05) is 6.33 Å². The van der Waals surface area contributed by atoms with Crippen LogP contribution in [-0.4, -0.2) is 21.5 Å². The van der Waals surface area contributed by atoms with Crippen molar-refractivity contribution >= 4 is 16.9 Å². The Bertz CT molecular complexity index is 674. The van der Waals surface area contributed by atoms with Crippen LogP contribution in [0.1, 0.15) is 37.3 Å². The van der Waals surface area contributed by atoms with Crippen LogP contribution in [0.3, 0.4) is 0 Å². The predicted molar refractivity (Wildman–Crippen MR) is 84.1 cm³/mol. The summed E-state index contributed by atoms with van der Waals surface area (Å²) in [6.07, 6.45) is 7.69. The van der Waals surface area contributed by atoms with E-state index in [-0.39, 0.29) is 18.0 Å². The molecular weight excluding hydrogens is 262 g/mol. The van der Waals surface area contributed by atoms with Gasteiger partial charge in [0.25, 0.3) is 0 Å². The third kappa shape index (κ3) is 2.71. The van der Waals surface area contributed by atoms with Crippen LogP contribution in [-0.2, 0) is 4.79 Å². The molecule has 1 aromatic heterocycles. The molecule has 2 atom stereocenters. The summed E-state index contributed by atoms with van der Waals surface area (Å²) in [5.41, 5.74) is 3.38. The Morgan fingerprint density at radius 1 is 1.43 bits per heavy atom. The first-order valence-corrected chi connectivity index (χ1v) is 7.55. The lowest BCUT2D eigenvalue weighted by molar-refractivity contribution is -0.117. The van der Waals surface area contributed by atoms with E-state index in [1.54, 1.807) is 0 Å². The first-order valence-electron chi connectivity index (χ1n) is 7.55. The molecule has 1 N–H and O–H groups in total. The van der Waals surface area contributed by atoms with Gasteiger partial charge in [-0.2, -0.15) is 0 Å². The highest BCUT2D eigenvalue weighted by atomic mass is 16.1. The van der Waals surface area contributed by atoms with Gasteiger partial charge >= 0.3 is 0 Å². The van der Waals surface area contributed by atoms with Gasteiger partial charge in [-0.25, -0.2) is 4.98 Å². The zero-order chi connectivity index (χ0) is 14.8. The third-order valence-corrected chi connectivity index (χ3v) is 4.33. The highest BCUT2D eigenvalue weighted by Crippen LogP contribution is 2.31. The summed E-state index contributed by atoms with van der Waals surface area (Å²) in [7, 11) is 0. The number of aryl methyl sites for hydroxylation is 1. The minimum absolute atomic E-state index is 0.0906. The molecule has 110 valence electrons. The summed E-state index contributed by atoms with van der Waals surface area (Å²) in [6, 6.07) is 6.77. The van der Waals surface area contributed by atoms with Gasteiger partial charge in [0.1, 0.15) is 0 Å². The number of nitrogens with zero attached hydrogens (tertiary/aromatic N) is 2. The smallest absolute Gasteiger partial charge is 0.243 e. The van der Waals surface area contributed by atoms with Crippen LogP contribution in [0.15, 0.2) is 37.2 Å². The molecule has 1 fully saturated rings. The molecule has 0 saturated heterocycles. The molecule has 0 spiro atoms. The number of fused-ring (bicyclic) bond motifs is 1. The summed E-state index contributed by atoms with van der Waals surface area (Å²) < 4.78 is 2.22. The van der Waals surface area contributed by atoms with Gasteiger partial charge in [-0.1, -0.05) is 25.5 Å². The van der Waals surface area contributed by atoms with Gasteiger partial charge in [0, 0.05) is 6.04 Å². The third-order valence-electron chi connectivity index (χ3n) is 4.33. The quantitative estimate of drug-likeness (QED) is 0.880. The number of imidazole rings is 1. The van der Waals surface area contributed by atoms with Crippen LogP contribution in [0.2, 0.25) is 0 Å². The van der Waals surface area contributed by atoms with Crippen molar-refractivity contribution in [1.29, 1.82) is 0 Å². The molecule has 2 aromatic rings. The molecule has 3 rings (SSSR count). The number of rotatable bonds is 3. The zero-order valence-corrected chi connectivity index (χ0v) is 12.4. The average Bonchev–Trinajstić information content (AvgIpc) is 2.90. The Hall–Kier alpha value is -2.10. The highest BCUT2D eigenvalue weighted by molar-refractivity contribution is 5.87. The van der Waals surface area contributed by atoms with Crippen LogP contribution in [0, 0.1) is 6.92 Å². The second-order valence-corrected chi connectivity index (χ2v) is 5.82. The molecule has 1 amide bonds. The van der Waals surface area contributed by atoms with Gasteiger partial charge < -0.3 is 9.88 Å². The Morgan fingerprint density at radius 2 is 2.24 bits per heavy atom. The van der Waals surface area contributed by atoms with Crippen molar-refractivity contribution in [2.24, 2.45) is 0 Å². The van der Waals surface area contributed by atoms with Crippen LogP contribution >= 0.6 is 0 Å². The van der Waals surface area contributed by atoms with E-state index in [4.69, 9.17) is 0 Å². The fourth-order valence-electron chi connectivity index (χ4n) is 3.26. The summed E-state index contributed by atoms with van der Waals surface area (Å²) in [5, 5.41) is 3.08. The minimum atomic E-state index is -0.0906. The van der Waals surface area contributed by atoms with Gasteiger partial charge in [0.2, 0.25) is 5.91 Å². The van der Waals surface area contributed by atoms with E-state index in [0.29, 0.717) is 0 Å². The largest absolute Gasteiger partial charge is 0.348 e. The number of carbonyl (C=O) groups excluding carboxylic acids is 1. The average molecular weight is 283 g/mol. The van der Waals surface area contributed by atoms with Gasteiger partial charge in [-0.05, 0) is 43.5 Å². The second kappa shape index (κ2) is 5.72. The number of carbonyl (C=O) groups is 1. The fourth-order valence-corrected chi connectivity index (χ4v) is 3.26. The number of nitrogens with one attached hydrogen (secondary N) is 1. The molecule has 1 aliphatic rings. The number of hydrogen-bond donors (Lipinski definition) is 1. The molecule has 1 aliphatic carbocycles. The first kappa shape index (κ1) is 13.9. The van der Waals surface area contributed by atoms with Crippen molar-refractivity contribution in [3.8, 4) is 0 Å². The topological polar surface area (TPSA) is 46.9 Å². The second-order valence-electron chi connectivity index (χ2n) is 5.82. The molecule has 0 aliphatic heterocycles. The molecule has 1 heterocycles. The maximum Gasteiger partial charge on any atom is 0.243 e. The Morgan fingerprint density at radius 3 is 3.05 bits per heavy atom. The van der Waals surface area contributed by atoms with Gasteiger partial charge in [0.15, 0.2) is 0 Å². The zero-order valence-electron chi connectivity index (χ0n) is 12.4. The maximum atomic E-state index is 11.6. The summed E-state index contributed by atoms with van der Waals surface area (Å²) >= 11 is 0. The summed E-state index contributed by atoms with van der Waals surface area (Å²) in [6.45, 7) is 5.62. The molecule has 21 heavy (non-hydrogen) atoms. The van der Waals surface area contributed by atoms with E-state index in [1.165, 1.54) is 18.1 Å². The van der Waals surface area contributed by atoms with E-state index < -0.39 is 0 Å². The molecule has 1 aromatic carbocycles. The molecule has 1 saturated carbocycles. The summed E-state index contributed by atoms with van der Waals surface area (Å²) in [4.78, 5) is 16.2. The van der Waals surface area contributed by atoms with Gasteiger partial charge in [-0.3, -0.25) is 4.79 Å². The lowest BCUT2D eigenvalue weighted by Crippen LogP contribution is -2.42. The maximum absolute atomic E-state index is 11.6. The predicted octanol–water partition coefficient (Wildman–Crippen LogP) is 3.13. The van der Waals surface area contributed by atoms with Crippen molar-refractivity contribution in [1.82, 2.24) is 14.9 Å². The number of aromatic nitrogens is 2. The van der Waals surface area contributed by atoms with Crippen LogP contribution in [0.25, 0.3) is 11.0 Å². The number of amides is 1. The minimum Gasteiger partial charge on any atom is -0.348 e. The molecule has 0 unspecified atom stereocenters. The Balaban J connectivity index is 1.94. The molecule has 4 heteroatoms. The highest BCUT2D eigenvalue weighted by Gasteiger charge is 2.28. The normalized spacial score (nSPS) is 22.1. The van der Waals surface area contributed by atoms with Gasteiger partial charge in [-0.15, -0.1) is 0 Å². The fraction of sp³-hybridized carbons (Fsp3) is 0.412.